The minimum absolute atomic E-state index is 0.212. The number of benzene rings is 2. The first-order valence-electron chi connectivity index (χ1n) is 7.52. The smallest absolute Gasteiger partial charge is 0.0471 e. The van der Waals surface area contributed by atoms with Crippen molar-refractivity contribution in [2.75, 3.05) is 6.61 Å². The van der Waals surface area contributed by atoms with Crippen molar-refractivity contribution in [2.24, 2.45) is 5.92 Å². The highest BCUT2D eigenvalue weighted by Gasteiger charge is 2.02. The van der Waals surface area contributed by atoms with Gasteiger partial charge < -0.3 is 5.11 Å². The lowest BCUT2D eigenvalue weighted by molar-refractivity contribution is 0.299. The van der Waals surface area contributed by atoms with Gasteiger partial charge in [-0.3, -0.25) is 0 Å². The molecule has 0 spiro atoms. The van der Waals surface area contributed by atoms with Gasteiger partial charge in [0.15, 0.2) is 0 Å². The van der Waals surface area contributed by atoms with Crippen molar-refractivity contribution in [1.82, 2.24) is 0 Å². The molecule has 0 saturated carbocycles. The van der Waals surface area contributed by atoms with Gasteiger partial charge in [0.05, 0.1) is 0 Å². The maximum Gasteiger partial charge on any atom is 0.0471 e. The van der Waals surface area contributed by atoms with Crippen molar-refractivity contribution >= 4 is 0 Å². The Labute approximate surface area is 122 Å². The molecule has 0 saturated heterocycles. The lowest BCUT2D eigenvalue weighted by Gasteiger charge is -2.09. The Morgan fingerprint density at radius 3 is 1.80 bits per heavy atom. The molecule has 20 heavy (non-hydrogen) atoms. The van der Waals surface area contributed by atoms with Crippen LogP contribution in [-0.2, 0) is 12.8 Å². The van der Waals surface area contributed by atoms with Gasteiger partial charge in [0.25, 0.3) is 0 Å². The second-order valence-electron chi connectivity index (χ2n) is 5.58. The van der Waals surface area contributed by atoms with E-state index >= 15 is 0 Å². The molecule has 106 valence electrons. The van der Waals surface area contributed by atoms with Crippen LogP contribution < -0.4 is 0 Å². The van der Waals surface area contributed by atoms with Crippen LogP contribution in [0.1, 0.15) is 31.4 Å². The van der Waals surface area contributed by atoms with Crippen molar-refractivity contribution < 1.29 is 5.11 Å². The summed E-state index contributed by atoms with van der Waals surface area (Å²) >= 11 is 0. The normalized spacial score (nSPS) is 12.3. The fraction of sp³-hybridized carbons (Fsp3) is 0.368. The molecule has 0 amide bonds. The molecule has 0 fully saturated rings. The highest BCUT2D eigenvalue weighted by Crippen LogP contribution is 2.21. The van der Waals surface area contributed by atoms with Crippen molar-refractivity contribution in [3.05, 3.63) is 59.7 Å². The monoisotopic (exact) mass is 268 g/mol. The predicted octanol–water partition coefficient (Wildman–Crippen LogP) is 4.48. The molecule has 1 N–H and O–H groups in total. The van der Waals surface area contributed by atoms with Crippen molar-refractivity contribution in [3.8, 4) is 11.1 Å². The fourth-order valence-corrected chi connectivity index (χ4v) is 2.37. The van der Waals surface area contributed by atoms with Crippen LogP contribution in [0, 0.1) is 5.92 Å². The van der Waals surface area contributed by atoms with Gasteiger partial charge in [-0.05, 0) is 41.0 Å². The first-order valence-corrected chi connectivity index (χ1v) is 7.52. The summed E-state index contributed by atoms with van der Waals surface area (Å²) < 4.78 is 0. The molecule has 2 rings (SSSR count). The maximum atomic E-state index is 8.93. The minimum Gasteiger partial charge on any atom is -0.396 e. The topological polar surface area (TPSA) is 20.2 Å². The summed E-state index contributed by atoms with van der Waals surface area (Å²) in [6, 6.07) is 17.4. The van der Waals surface area contributed by atoms with Crippen LogP contribution in [-0.4, -0.2) is 11.7 Å². The van der Waals surface area contributed by atoms with E-state index in [0.717, 1.165) is 18.8 Å². The predicted molar refractivity (Wildman–Crippen MR) is 85.8 cm³/mol. The first kappa shape index (κ1) is 14.8. The summed E-state index contributed by atoms with van der Waals surface area (Å²) in [6.45, 7) is 4.75. The molecule has 0 aliphatic rings. The third-order valence-corrected chi connectivity index (χ3v) is 3.92. The summed E-state index contributed by atoms with van der Waals surface area (Å²) in [5.74, 6) is 0.749. The molecule has 2 aromatic carbocycles. The number of aliphatic hydroxyl groups is 1. The molecule has 1 atom stereocenters. The molecule has 0 heterocycles. The van der Waals surface area contributed by atoms with E-state index < -0.39 is 0 Å². The summed E-state index contributed by atoms with van der Waals surface area (Å²) in [4.78, 5) is 0. The zero-order chi connectivity index (χ0) is 14.4. The lowest BCUT2D eigenvalue weighted by atomic mass is 9.96. The Balaban J connectivity index is 2.09. The van der Waals surface area contributed by atoms with Crippen LogP contribution in [0.25, 0.3) is 11.1 Å². The summed E-state index contributed by atoms with van der Waals surface area (Å²) in [5.41, 5.74) is 5.10. The first-order chi connectivity index (χ1) is 9.72. The summed E-state index contributed by atoms with van der Waals surface area (Å²) in [5, 5.41) is 8.93. The Kier molecular flexibility index (Phi) is 5.37. The number of rotatable bonds is 6. The molecular weight excluding hydrogens is 244 g/mol. The summed E-state index contributed by atoms with van der Waals surface area (Å²) in [6.07, 6.45) is 3.12. The molecule has 0 aliphatic carbocycles. The van der Waals surface area contributed by atoms with Crippen molar-refractivity contribution in [3.63, 3.8) is 0 Å². The lowest BCUT2D eigenvalue weighted by Crippen LogP contribution is -1.97. The van der Waals surface area contributed by atoms with E-state index in [-0.39, 0.29) is 6.61 Å². The van der Waals surface area contributed by atoms with Gasteiger partial charge in [0, 0.05) is 6.61 Å². The van der Waals surface area contributed by atoms with Gasteiger partial charge in [-0.25, -0.2) is 0 Å². The SMILES string of the molecule is CCC(C)Cc1ccc(-c2ccc(CCO)cc2)cc1. The molecular formula is C19H24O. The Hall–Kier alpha value is -1.60. The standard InChI is InChI=1S/C19H24O/c1-3-15(2)14-17-6-10-19(11-7-17)18-8-4-16(5-9-18)12-13-20/h4-11,15,20H,3,12-14H2,1-2H3. The molecule has 0 aliphatic heterocycles. The molecule has 1 heteroatoms. The Bertz CT molecular complexity index is 510. The van der Waals surface area contributed by atoms with Gasteiger partial charge >= 0.3 is 0 Å². The molecule has 0 bridgehead atoms. The zero-order valence-corrected chi connectivity index (χ0v) is 12.5. The largest absolute Gasteiger partial charge is 0.396 e. The average molecular weight is 268 g/mol. The Morgan fingerprint density at radius 2 is 1.35 bits per heavy atom. The van der Waals surface area contributed by atoms with E-state index in [9.17, 15) is 0 Å². The van der Waals surface area contributed by atoms with E-state index in [1.807, 2.05) is 0 Å². The van der Waals surface area contributed by atoms with E-state index in [1.54, 1.807) is 0 Å². The number of aliphatic hydroxyl groups excluding tert-OH is 1. The minimum atomic E-state index is 0.212. The number of hydrogen-bond donors (Lipinski definition) is 1. The van der Waals surface area contributed by atoms with Crippen LogP contribution >= 0.6 is 0 Å². The van der Waals surface area contributed by atoms with Gasteiger partial charge in [0.1, 0.15) is 0 Å². The highest BCUT2D eigenvalue weighted by molar-refractivity contribution is 5.63. The Morgan fingerprint density at radius 1 is 0.850 bits per heavy atom. The molecule has 0 radical (unpaired) electrons. The second kappa shape index (κ2) is 7.25. The molecule has 0 aromatic heterocycles. The molecule has 1 unspecified atom stereocenters. The second-order valence-corrected chi connectivity index (χ2v) is 5.58. The van der Waals surface area contributed by atoms with E-state index in [2.05, 4.69) is 62.4 Å². The van der Waals surface area contributed by atoms with Crippen LogP contribution in [0.15, 0.2) is 48.5 Å². The fourth-order valence-electron chi connectivity index (χ4n) is 2.37. The third kappa shape index (κ3) is 3.94. The van der Waals surface area contributed by atoms with Crippen LogP contribution in [0.2, 0.25) is 0 Å². The maximum absolute atomic E-state index is 8.93. The van der Waals surface area contributed by atoms with Gasteiger partial charge in [-0.2, -0.15) is 0 Å². The highest BCUT2D eigenvalue weighted by atomic mass is 16.2. The zero-order valence-electron chi connectivity index (χ0n) is 12.5. The van der Waals surface area contributed by atoms with E-state index in [0.29, 0.717) is 0 Å². The molecule has 1 nitrogen and oxygen atoms in total. The van der Waals surface area contributed by atoms with Crippen molar-refractivity contribution in [2.45, 2.75) is 33.1 Å². The van der Waals surface area contributed by atoms with Crippen LogP contribution in [0.5, 0.6) is 0 Å². The van der Waals surface area contributed by atoms with Crippen LogP contribution in [0.4, 0.5) is 0 Å². The summed E-state index contributed by atoms with van der Waals surface area (Å²) in [7, 11) is 0. The molecule has 2 aromatic rings. The van der Waals surface area contributed by atoms with E-state index in [1.165, 1.54) is 28.7 Å². The van der Waals surface area contributed by atoms with Crippen LogP contribution in [0.3, 0.4) is 0 Å². The number of hydrogen-bond acceptors (Lipinski definition) is 1. The van der Waals surface area contributed by atoms with Crippen molar-refractivity contribution in [1.29, 1.82) is 0 Å². The third-order valence-electron chi connectivity index (χ3n) is 3.92. The van der Waals surface area contributed by atoms with Gasteiger partial charge in [-0.1, -0.05) is 68.8 Å². The van der Waals surface area contributed by atoms with Gasteiger partial charge in [-0.15, -0.1) is 0 Å². The van der Waals surface area contributed by atoms with Gasteiger partial charge in [0.2, 0.25) is 0 Å². The average Bonchev–Trinajstić information content (AvgIpc) is 2.49. The quantitative estimate of drug-likeness (QED) is 0.819. The van der Waals surface area contributed by atoms with E-state index in [4.69, 9.17) is 5.11 Å².